The summed E-state index contributed by atoms with van der Waals surface area (Å²) in [5, 5.41) is 0. The highest BCUT2D eigenvalue weighted by Crippen LogP contribution is 2.23. The largest absolute Gasteiger partial charge is 0.444 e. The van der Waals surface area contributed by atoms with Crippen LogP contribution in [0.1, 0.15) is 33.6 Å². The Hall–Kier alpha value is -0.940. The van der Waals surface area contributed by atoms with Gasteiger partial charge in [-0.3, -0.25) is 4.90 Å². The van der Waals surface area contributed by atoms with Crippen LogP contribution in [0.25, 0.3) is 0 Å². The van der Waals surface area contributed by atoms with Gasteiger partial charge in [-0.25, -0.2) is 4.79 Å². The molecule has 3 saturated heterocycles. The molecule has 0 bridgehead atoms. The van der Waals surface area contributed by atoms with Gasteiger partial charge in [-0.05, 0) is 40.7 Å². The summed E-state index contributed by atoms with van der Waals surface area (Å²) < 4.78 is 34.7. The van der Waals surface area contributed by atoms with Gasteiger partial charge in [0.1, 0.15) is 5.60 Å². The lowest BCUT2D eigenvalue weighted by atomic mass is 10.0. The monoisotopic (exact) mass is 431 g/mol. The van der Waals surface area contributed by atoms with Crippen LogP contribution >= 0.6 is 0 Å². The number of piperidine rings is 1. The highest BCUT2D eigenvalue weighted by atomic mass is 32.2. The van der Waals surface area contributed by atoms with Gasteiger partial charge >= 0.3 is 6.09 Å². The second-order valence-electron chi connectivity index (χ2n) is 9.34. The molecule has 3 aliphatic rings. The maximum Gasteiger partial charge on any atom is 0.410 e. The summed E-state index contributed by atoms with van der Waals surface area (Å²) in [7, 11) is -1.32. The molecule has 168 valence electrons. The Morgan fingerprint density at radius 3 is 1.86 bits per heavy atom. The highest BCUT2D eigenvalue weighted by molar-refractivity contribution is 7.86. The van der Waals surface area contributed by atoms with Crippen LogP contribution in [0.4, 0.5) is 4.79 Å². The zero-order valence-corrected chi connectivity index (χ0v) is 19.2. The van der Waals surface area contributed by atoms with E-state index in [9.17, 15) is 13.2 Å². The van der Waals surface area contributed by atoms with Gasteiger partial charge in [0.15, 0.2) is 0 Å². The summed E-state index contributed by atoms with van der Waals surface area (Å²) >= 11 is 0. The number of likely N-dealkylation sites (N-methyl/N-ethyl adjacent to an activating group) is 1. The van der Waals surface area contributed by atoms with Crippen LogP contribution in [0.5, 0.6) is 0 Å². The maximum atomic E-state index is 13.1. The molecule has 0 aliphatic carbocycles. The first-order valence-corrected chi connectivity index (χ1v) is 12.1. The van der Waals surface area contributed by atoms with E-state index >= 15 is 0 Å². The number of hydrogen-bond acceptors (Lipinski definition) is 6. The van der Waals surface area contributed by atoms with Crippen molar-refractivity contribution in [3.63, 3.8) is 0 Å². The van der Waals surface area contributed by atoms with Crippen molar-refractivity contribution in [3.05, 3.63) is 0 Å². The Labute approximate surface area is 175 Å². The molecule has 0 unspecified atom stereocenters. The van der Waals surface area contributed by atoms with E-state index in [2.05, 4.69) is 16.8 Å². The van der Waals surface area contributed by atoms with Crippen LogP contribution in [-0.4, -0.2) is 122 Å². The van der Waals surface area contributed by atoms with Crippen molar-refractivity contribution in [2.45, 2.75) is 45.3 Å². The first-order valence-electron chi connectivity index (χ1n) is 10.7. The van der Waals surface area contributed by atoms with Crippen molar-refractivity contribution in [2.24, 2.45) is 0 Å². The minimum Gasteiger partial charge on any atom is -0.444 e. The topological polar surface area (TPSA) is 76.6 Å². The maximum absolute atomic E-state index is 13.1. The summed E-state index contributed by atoms with van der Waals surface area (Å²) in [5.41, 5.74) is -0.547. The molecule has 9 nitrogen and oxygen atoms in total. The lowest BCUT2D eigenvalue weighted by molar-refractivity contribution is 0.0188. The molecule has 29 heavy (non-hydrogen) atoms. The molecule has 1 amide bonds. The molecule has 0 saturated carbocycles. The van der Waals surface area contributed by atoms with E-state index in [4.69, 9.17) is 4.74 Å². The molecule has 0 aromatic heterocycles. The minimum absolute atomic E-state index is 0.319. The summed E-state index contributed by atoms with van der Waals surface area (Å²) in [4.78, 5) is 18.6. The molecular weight excluding hydrogens is 394 g/mol. The zero-order valence-electron chi connectivity index (χ0n) is 18.3. The van der Waals surface area contributed by atoms with Crippen LogP contribution < -0.4 is 0 Å². The van der Waals surface area contributed by atoms with Gasteiger partial charge in [0.05, 0.1) is 0 Å². The molecule has 0 N–H and O–H groups in total. The van der Waals surface area contributed by atoms with E-state index in [-0.39, 0.29) is 6.09 Å². The SMILES string of the molecule is CN1CCN(C2CCN(S(=O)(=O)N3CCN(C(=O)OC(C)(C)C)CC3)CC2)CC1. The second kappa shape index (κ2) is 9.05. The average Bonchev–Trinajstić information content (AvgIpc) is 2.67. The predicted octanol–water partition coefficient (Wildman–Crippen LogP) is 0.496. The van der Waals surface area contributed by atoms with E-state index in [1.807, 2.05) is 20.8 Å². The molecule has 3 rings (SSSR count). The summed E-state index contributed by atoms with van der Waals surface area (Å²) in [6.07, 6.45) is 1.41. The lowest BCUT2D eigenvalue weighted by Crippen LogP contribution is -2.57. The standard InChI is InChI=1S/C19H37N5O4S/c1-19(2,3)28-18(25)22-13-15-24(16-14-22)29(26,27)23-7-5-17(6-8-23)21-11-9-20(4)10-12-21/h17H,5-16H2,1-4H3. The molecule has 0 aromatic rings. The van der Waals surface area contributed by atoms with Gasteiger partial charge in [0, 0.05) is 71.5 Å². The van der Waals surface area contributed by atoms with E-state index in [1.54, 1.807) is 9.21 Å². The Morgan fingerprint density at radius 2 is 1.34 bits per heavy atom. The molecule has 3 aliphatic heterocycles. The van der Waals surface area contributed by atoms with Crippen LogP contribution in [-0.2, 0) is 14.9 Å². The molecule has 3 heterocycles. The van der Waals surface area contributed by atoms with E-state index in [0.717, 1.165) is 39.0 Å². The normalized spacial score (nSPS) is 25.3. The van der Waals surface area contributed by atoms with Gasteiger partial charge < -0.3 is 14.5 Å². The van der Waals surface area contributed by atoms with E-state index in [1.165, 1.54) is 4.31 Å². The fraction of sp³-hybridized carbons (Fsp3) is 0.947. The van der Waals surface area contributed by atoms with Gasteiger partial charge in [0.25, 0.3) is 10.2 Å². The number of piperazine rings is 2. The number of rotatable bonds is 3. The third-order valence-electron chi connectivity index (χ3n) is 6.02. The van der Waals surface area contributed by atoms with Crippen molar-refractivity contribution in [1.29, 1.82) is 0 Å². The number of hydrogen-bond donors (Lipinski definition) is 0. The first-order chi connectivity index (χ1) is 13.6. The van der Waals surface area contributed by atoms with Crippen molar-refractivity contribution >= 4 is 16.3 Å². The Bertz CT molecular complexity index is 657. The van der Waals surface area contributed by atoms with Crippen LogP contribution in [0.15, 0.2) is 0 Å². The molecular formula is C19H37N5O4S. The smallest absolute Gasteiger partial charge is 0.410 e. The van der Waals surface area contributed by atoms with Crippen molar-refractivity contribution in [2.75, 3.05) is 72.5 Å². The Balaban J connectivity index is 1.48. The highest BCUT2D eigenvalue weighted by Gasteiger charge is 2.37. The average molecular weight is 432 g/mol. The third kappa shape index (κ3) is 5.81. The Morgan fingerprint density at radius 1 is 0.828 bits per heavy atom. The first kappa shape index (κ1) is 22.7. The molecule has 3 fully saturated rings. The summed E-state index contributed by atoms with van der Waals surface area (Å²) in [6.45, 7) is 12.3. The number of amides is 1. The van der Waals surface area contributed by atoms with Crippen molar-refractivity contribution in [1.82, 2.24) is 23.3 Å². The zero-order chi connectivity index (χ0) is 21.2. The number of ether oxygens (including phenoxy) is 1. The molecule has 10 heteroatoms. The van der Waals surface area contributed by atoms with Gasteiger partial charge in [-0.15, -0.1) is 0 Å². The fourth-order valence-electron chi connectivity index (χ4n) is 4.22. The molecule has 0 aromatic carbocycles. The van der Waals surface area contributed by atoms with Crippen LogP contribution in [0.2, 0.25) is 0 Å². The molecule has 0 atom stereocenters. The van der Waals surface area contributed by atoms with Crippen LogP contribution in [0.3, 0.4) is 0 Å². The van der Waals surface area contributed by atoms with E-state index < -0.39 is 15.8 Å². The number of nitrogens with zero attached hydrogens (tertiary/aromatic N) is 5. The van der Waals surface area contributed by atoms with Gasteiger partial charge in [-0.2, -0.15) is 17.0 Å². The van der Waals surface area contributed by atoms with Crippen molar-refractivity contribution < 1.29 is 17.9 Å². The fourth-order valence-corrected chi connectivity index (χ4v) is 5.84. The molecule has 0 spiro atoms. The second-order valence-corrected chi connectivity index (χ2v) is 11.3. The third-order valence-corrected chi connectivity index (χ3v) is 8.06. The Kier molecular flexibility index (Phi) is 7.10. The predicted molar refractivity (Wildman–Crippen MR) is 112 cm³/mol. The lowest BCUT2D eigenvalue weighted by Gasteiger charge is -2.43. The quantitative estimate of drug-likeness (QED) is 0.648. The molecule has 0 radical (unpaired) electrons. The van der Waals surface area contributed by atoms with Crippen LogP contribution in [0, 0.1) is 0 Å². The van der Waals surface area contributed by atoms with Gasteiger partial charge in [0.2, 0.25) is 0 Å². The van der Waals surface area contributed by atoms with Gasteiger partial charge in [-0.1, -0.05) is 0 Å². The summed E-state index contributed by atoms with van der Waals surface area (Å²) in [6, 6.07) is 0.485. The van der Waals surface area contributed by atoms with E-state index in [0.29, 0.717) is 45.3 Å². The number of carbonyl (C=O) groups excluding carboxylic acids is 1. The number of carbonyl (C=O) groups is 1. The minimum atomic E-state index is -3.47. The summed E-state index contributed by atoms with van der Waals surface area (Å²) in [5.74, 6) is 0. The van der Waals surface area contributed by atoms with Crippen molar-refractivity contribution in [3.8, 4) is 0 Å².